The normalized spacial score (nSPS) is 17.1. The molecule has 0 saturated carbocycles. The number of hydrogen-bond acceptors (Lipinski definition) is 4. The number of likely N-dealkylation sites (tertiary alicyclic amines) is 1. The van der Waals surface area contributed by atoms with Gasteiger partial charge < -0.3 is 9.84 Å². The molecule has 2 rings (SSSR count). The maximum absolute atomic E-state index is 12.0. The summed E-state index contributed by atoms with van der Waals surface area (Å²) in [6, 6.07) is 6.07. The summed E-state index contributed by atoms with van der Waals surface area (Å²) < 4.78 is 5.41. The second-order valence-electron chi connectivity index (χ2n) is 5.59. The Balaban J connectivity index is 1.93. The predicted octanol–water partition coefficient (Wildman–Crippen LogP) is 1.55. The molecule has 1 saturated heterocycles. The molecule has 0 radical (unpaired) electrons. The fourth-order valence-corrected chi connectivity index (χ4v) is 2.23. The van der Waals surface area contributed by atoms with Gasteiger partial charge in [0.2, 0.25) is 11.8 Å². The topological polar surface area (TPSA) is 83.9 Å². The van der Waals surface area contributed by atoms with Crippen molar-refractivity contribution in [1.29, 1.82) is 0 Å². The number of aromatic carboxylic acids is 1. The number of rotatable bonds is 5. The van der Waals surface area contributed by atoms with Gasteiger partial charge >= 0.3 is 5.97 Å². The summed E-state index contributed by atoms with van der Waals surface area (Å²) in [5, 5.41) is 8.88. The Morgan fingerprint density at radius 2 is 2.10 bits per heavy atom. The van der Waals surface area contributed by atoms with E-state index in [-0.39, 0.29) is 37.0 Å². The van der Waals surface area contributed by atoms with E-state index in [0.717, 1.165) is 0 Å². The van der Waals surface area contributed by atoms with Crippen LogP contribution in [0.3, 0.4) is 0 Å². The first-order valence-electron chi connectivity index (χ1n) is 6.62. The van der Waals surface area contributed by atoms with E-state index in [2.05, 4.69) is 0 Å². The summed E-state index contributed by atoms with van der Waals surface area (Å²) >= 11 is 0. The fraction of sp³-hybridized carbons (Fsp3) is 0.400. The molecule has 112 valence electrons. The van der Waals surface area contributed by atoms with E-state index in [9.17, 15) is 14.4 Å². The van der Waals surface area contributed by atoms with Crippen LogP contribution < -0.4 is 4.74 Å². The SMILES string of the molecule is CC1(C)CC(=O)N(CCOc2cccc(C(=O)O)c2)C1=O. The zero-order valence-electron chi connectivity index (χ0n) is 12.0. The van der Waals surface area contributed by atoms with Gasteiger partial charge in [-0.15, -0.1) is 0 Å². The molecule has 0 atom stereocenters. The summed E-state index contributed by atoms with van der Waals surface area (Å²) in [4.78, 5) is 35.8. The number of nitrogens with zero attached hydrogens (tertiary/aromatic N) is 1. The Morgan fingerprint density at radius 3 is 2.67 bits per heavy atom. The minimum Gasteiger partial charge on any atom is -0.492 e. The van der Waals surface area contributed by atoms with Crippen LogP contribution in [0.4, 0.5) is 0 Å². The zero-order chi connectivity index (χ0) is 15.6. The van der Waals surface area contributed by atoms with Gasteiger partial charge in [0.15, 0.2) is 0 Å². The fourth-order valence-electron chi connectivity index (χ4n) is 2.23. The molecule has 0 aromatic heterocycles. The van der Waals surface area contributed by atoms with Gasteiger partial charge in [0, 0.05) is 6.42 Å². The molecule has 1 aromatic rings. The van der Waals surface area contributed by atoms with Crippen molar-refractivity contribution in [1.82, 2.24) is 4.90 Å². The second-order valence-corrected chi connectivity index (χ2v) is 5.59. The minimum atomic E-state index is -1.04. The van der Waals surface area contributed by atoms with Gasteiger partial charge in [-0.1, -0.05) is 19.9 Å². The highest BCUT2D eigenvalue weighted by Crippen LogP contribution is 2.31. The number of carbonyl (C=O) groups excluding carboxylic acids is 2. The number of carboxylic acid groups (broad SMARTS) is 1. The highest BCUT2D eigenvalue weighted by atomic mass is 16.5. The lowest BCUT2D eigenvalue weighted by Crippen LogP contribution is -2.36. The Labute approximate surface area is 122 Å². The number of carboxylic acids is 1. The lowest BCUT2D eigenvalue weighted by molar-refractivity contribution is -0.141. The molecule has 1 fully saturated rings. The summed E-state index contributed by atoms with van der Waals surface area (Å²) in [7, 11) is 0. The minimum absolute atomic E-state index is 0.127. The highest BCUT2D eigenvalue weighted by molar-refractivity contribution is 6.05. The lowest BCUT2D eigenvalue weighted by Gasteiger charge is -2.18. The molecule has 6 heteroatoms. The van der Waals surface area contributed by atoms with Gasteiger partial charge in [0.05, 0.1) is 17.5 Å². The molecule has 1 aliphatic heterocycles. The van der Waals surface area contributed by atoms with Gasteiger partial charge in [-0.3, -0.25) is 14.5 Å². The van der Waals surface area contributed by atoms with Crippen molar-refractivity contribution in [3.63, 3.8) is 0 Å². The molecular weight excluding hydrogens is 274 g/mol. The first-order chi connectivity index (χ1) is 9.81. The molecule has 0 aliphatic carbocycles. The van der Waals surface area contributed by atoms with Crippen molar-refractivity contribution in [3.05, 3.63) is 29.8 Å². The standard InChI is InChI=1S/C15H17NO5/c1-15(2)9-12(17)16(14(15)20)6-7-21-11-5-3-4-10(8-11)13(18)19/h3-5,8H,6-7,9H2,1-2H3,(H,18,19). The molecule has 0 unspecified atom stereocenters. The molecule has 1 aliphatic rings. The van der Waals surface area contributed by atoms with Crippen molar-refractivity contribution >= 4 is 17.8 Å². The molecular formula is C15H17NO5. The Bertz CT molecular complexity index is 593. The van der Waals surface area contributed by atoms with Crippen LogP contribution in [-0.4, -0.2) is 40.9 Å². The smallest absolute Gasteiger partial charge is 0.335 e. The number of imide groups is 1. The molecule has 1 N–H and O–H groups in total. The van der Waals surface area contributed by atoms with Crippen LogP contribution >= 0.6 is 0 Å². The average Bonchev–Trinajstić information content (AvgIpc) is 2.61. The van der Waals surface area contributed by atoms with Crippen molar-refractivity contribution < 1.29 is 24.2 Å². The van der Waals surface area contributed by atoms with Gasteiger partial charge in [0.1, 0.15) is 12.4 Å². The maximum atomic E-state index is 12.0. The number of hydrogen-bond donors (Lipinski definition) is 1. The highest BCUT2D eigenvalue weighted by Gasteiger charge is 2.44. The number of ether oxygens (including phenoxy) is 1. The van der Waals surface area contributed by atoms with Crippen molar-refractivity contribution in [2.75, 3.05) is 13.2 Å². The van der Waals surface area contributed by atoms with E-state index in [1.807, 2.05) is 0 Å². The van der Waals surface area contributed by atoms with Crippen LogP contribution in [0.5, 0.6) is 5.75 Å². The lowest BCUT2D eigenvalue weighted by atomic mass is 9.92. The first kappa shape index (κ1) is 15.0. The quantitative estimate of drug-likeness (QED) is 0.832. The third-order valence-electron chi connectivity index (χ3n) is 3.38. The van der Waals surface area contributed by atoms with Crippen molar-refractivity contribution in [3.8, 4) is 5.75 Å². The first-order valence-corrected chi connectivity index (χ1v) is 6.62. The summed E-state index contributed by atoms with van der Waals surface area (Å²) in [6.07, 6.45) is 0.209. The van der Waals surface area contributed by atoms with E-state index in [1.54, 1.807) is 26.0 Å². The second kappa shape index (κ2) is 5.55. The van der Waals surface area contributed by atoms with E-state index < -0.39 is 11.4 Å². The Kier molecular flexibility index (Phi) is 3.97. The zero-order valence-corrected chi connectivity index (χ0v) is 12.0. The number of carbonyl (C=O) groups is 3. The molecule has 1 heterocycles. The molecule has 0 bridgehead atoms. The van der Waals surface area contributed by atoms with Crippen molar-refractivity contribution in [2.24, 2.45) is 5.41 Å². The van der Waals surface area contributed by atoms with E-state index in [0.29, 0.717) is 5.75 Å². The largest absolute Gasteiger partial charge is 0.492 e. The number of benzene rings is 1. The summed E-state index contributed by atoms with van der Waals surface area (Å²) in [5.41, 5.74) is -0.526. The number of amides is 2. The molecule has 21 heavy (non-hydrogen) atoms. The third-order valence-corrected chi connectivity index (χ3v) is 3.38. The average molecular weight is 291 g/mol. The predicted molar refractivity (Wildman–Crippen MR) is 74.0 cm³/mol. The van der Waals surface area contributed by atoms with Crippen molar-refractivity contribution in [2.45, 2.75) is 20.3 Å². The molecule has 1 aromatic carbocycles. The van der Waals surface area contributed by atoms with Crippen LogP contribution in [0.15, 0.2) is 24.3 Å². The molecule has 0 spiro atoms. The van der Waals surface area contributed by atoms with Gasteiger partial charge in [-0.2, -0.15) is 0 Å². The van der Waals surface area contributed by atoms with E-state index in [1.165, 1.54) is 17.0 Å². The van der Waals surface area contributed by atoms with Crippen LogP contribution in [-0.2, 0) is 9.59 Å². The third kappa shape index (κ3) is 3.21. The summed E-state index contributed by atoms with van der Waals surface area (Å²) in [5.74, 6) is -1.04. The van der Waals surface area contributed by atoms with Crippen LogP contribution in [0.2, 0.25) is 0 Å². The van der Waals surface area contributed by atoms with Gasteiger partial charge in [0.25, 0.3) is 0 Å². The Morgan fingerprint density at radius 1 is 1.38 bits per heavy atom. The Hall–Kier alpha value is -2.37. The van der Waals surface area contributed by atoms with Gasteiger partial charge in [-0.05, 0) is 18.2 Å². The van der Waals surface area contributed by atoms with E-state index in [4.69, 9.17) is 9.84 Å². The maximum Gasteiger partial charge on any atom is 0.335 e. The van der Waals surface area contributed by atoms with E-state index >= 15 is 0 Å². The molecule has 2 amide bonds. The molecule has 6 nitrogen and oxygen atoms in total. The monoisotopic (exact) mass is 291 g/mol. The van der Waals surface area contributed by atoms with Crippen LogP contribution in [0.1, 0.15) is 30.6 Å². The van der Waals surface area contributed by atoms with Crippen LogP contribution in [0, 0.1) is 5.41 Å². The van der Waals surface area contributed by atoms with Gasteiger partial charge in [-0.25, -0.2) is 4.79 Å². The summed E-state index contributed by atoms with van der Waals surface area (Å²) in [6.45, 7) is 3.78. The van der Waals surface area contributed by atoms with Crippen LogP contribution in [0.25, 0.3) is 0 Å².